The average molecular weight is 329 g/mol. The van der Waals surface area contributed by atoms with E-state index in [4.69, 9.17) is 0 Å². The third-order valence-electron chi connectivity index (χ3n) is 7.13. The maximum absolute atomic E-state index is 2.85. The van der Waals surface area contributed by atoms with E-state index in [9.17, 15) is 0 Å². The summed E-state index contributed by atoms with van der Waals surface area (Å²) < 4.78 is 0. The molecule has 0 amide bonds. The van der Waals surface area contributed by atoms with Gasteiger partial charge in [-0.2, -0.15) is 0 Å². The molecule has 0 radical (unpaired) electrons. The minimum atomic E-state index is 0.315. The number of hydrogen-bond acceptors (Lipinski definition) is 2. The molecular weight excluding hydrogens is 292 g/mol. The van der Waals surface area contributed by atoms with E-state index in [1.165, 1.54) is 57.3 Å². The number of rotatable bonds is 6. The lowest BCUT2D eigenvalue weighted by molar-refractivity contribution is 0.103. The second kappa shape index (κ2) is 6.71. The van der Waals surface area contributed by atoms with Crippen LogP contribution in [0.15, 0.2) is 24.3 Å². The van der Waals surface area contributed by atoms with Gasteiger partial charge in [-0.05, 0) is 57.5 Å². The predicted molar refractivity (Wildman–Crippen MR) is 105 cm³/mol. The molecule has 0 bridgehead atoms. The molecule has 1 aromatic rings. The highest BCUT2D eigenvalue weighted by molar-refractivity contribution is 5.67. The molecular formula is C22H36N2. The van der Waals surface area contributed by atoms with Gasteiger partial charge in [-0.1, -0.05) is 58.2 Å². The quantitative estimate of drug-likeness (QED) is 0.719. The zero-order chi connectivity index (χ0) is 17.4. The van der Waals surface area contributed by atoms with E-state index in [1.807, 2.05) is 0 Å². The summed E-state index contributed by atoms with van der Waals surface area (Å²) in [6.07, 6.45) is 7.99. The molecule has 3 atom stereocenters. The Morgan fingerprint density at radius 1 is 1.17 bits per heavy atom. The van der Waals surface area contributed by atoms with Crippen LogP contribution in [0.25, 0.3) is 0 Å². The van der Waals surface area contributed by atoms with Crippen LogP contribution in [0.1, 0.15) is 64.9 Å². The van der Waals surface area contributed by atoms with E-state index in [1.54, 1.807) is 5.56 Å². The highest BCUT2D eigenvalue weighted by Crippen LogP contribution is 2.61. The summed E-state index contributed by atoms with van der Waals surface area (Å²) in [5.41, 5.74) is 3.78. The summed E-state index contributed by atoms with van der Waals surface area (Å²) in [4.78, 5) is 5.16. The standard InChI is InChI=1S/C22H36N2/c1-6-18(2)22-15-10-9-14-21(22,3)19-12-7-8-13-20(19)24(22)17-11-16-23(4)5/h7-8,12-13,18H,6,9-11,14-17H2,1-5H3/t18-,21+,22-/m0/s1. The van der Waals surface area contributed by atoms with Crippen molar-refractivity contribution < 1.29 is 0 Å². The largest absolute Gasteiger partial charge is 0.364 e. The summed E-state index contributed by atoms with van der Waals surface area (Å²) in [6, 6.07) is 9.30. The first-order valence-corrected chi connectivity index (χ1v) is 9.99. The Morgan fingerprint density at radius 2 is 1.88 bits per heavy atom. The van der Waals surface area contributed by atoms with Gasteiger partial charge in [0.25, 0.3) is 0 Å². The molecule has 3 rings (SSSR count). The summed E-state index contributed by atoms with van der Waals surface area (Å²) in [5, 5.41) is 0. The molecule has 1 heterocycles. The molecule has 2 nitrogen and oxygen atoms in total. The van der Waals surface area contributed by atoms with Gasteiger partial charge in [0.1, 0.15) is 0 Å². The topological polar surface area (TPSA) is 6.48 Å². The fourth-order valence-electron chi connectivity index (χ4n) is 5.82. The number of anilines is 1. The van der Waals surface area contributed by atoms with Crippen LogP contribution in [-0.4, -0.2) is 37.6 Å². The molecule has 1 fully saturated rings. The molecule has 0 aromatic heterocycles. The van der Waals surface area contributed by atoms with Gasteiger partial charge in [0.2, 0.25) is 0 Å². The highest BCUT2D eigenvalue weighted by atomic mass is 15.3. The van der Waals surface area contributed by atoms with E-state index >= 15 is 0 Å². The first kappa shape index (κ1) is 17.8. The molecule has 1 aliphatic heterocycles. The second-order valence-electron chi connectivity index (χ2n) is 8.60. The maximum atomic E-state index is 2.85. The Kier molecular flexibility index (Phi) is 4.97. The van der Waals surface area contributed by atoms with Crippen LogP contribution in [0, 0.1) is 5.92 Å². The van der Waals surface area contributed by atoms with Crippen molar-refractivity contribution in [2.24, 2.45) is 5.92 Å². The van der Waals surface area contributed by atoms with Crippen molar-refractivity contribution >= 4 is 5.69 Å². The second-order valence-corrected chi connectivity index (χ2v) is 8.60. The molecule has 1 saturated carbocycles. The van der Waals surface area contributed by atoms with Crippen LogP contribution in [0.2, 0.25) is 0 Å². The van der Waals surface area contributed by atoms with Crippen molar-refractivity contribution in [3.05, 3.63) is 29.8 Å². The van der Waals surface area contributed by atoms with E-state index in [2.05, 4.69) is 68.9 Å². The van der Waals surface area contributed by atoms with Crippen molar-refractivity contribution in [1.82, 2.24) is 4.90 Å². The number of nitrogens with zero attached hydrogens (tertiary/aromatic N) is 2. The zero-order valence-electron chi connectivity index (χ0n) is 16.4. The van der Waals surface area contributed by atoms with Crippen molar-refractivity contribution in [3.63, 3.8) is 0 Å². The molecule has 2 heteroatoms. The van der Waals surface area contributed by atoms with Crippen molar-refractivity contribution in [2.75, 3.05) is 32.1 Å². The van der Waals surface area contributed by atoms with Gasteiger partial charge in [0.05, 0.1) is 5.54 Å². The lowest BCUT2D eigenvalue weighted by Crippen LogP contribution is -2.62. The van der Waals surface area contributed by atoms with Crippen LogP contribution >= 0.6 is 0 Å². The van der Waals surface area contributed by atoms with Gasteiger partial charge in [0.15, 0.2) is 0 Å². The normalized spacial score (nSPS) is 30.3. The fourth-order valence-corrected chi connectivity index (χ4v) is 5.82. The molecule has 2 aliphatic rings. The molecule has 1 aromatic carbocycles. The predicted octanol–water partition coefficient (Wildman–Crippen LogP) is 5.07. The molecule has 0 unspecified atom stereocenters. The van der Waals surface area contributed by atoms with E-state index < -0.39 is 0 Å². The lowest BCUT2D eigenvalue weighted by atomic mass is 9.56. The highest BCUT2D eigenvalue weighted by Gasteiger charge is 2.61. The molecule has 0 spiro atoms. The lowest BCUT2D eigenvalue weighted by Gasteiger charge is -2.56. The van der Waals surface area contributed by atoms with Crippen molar-refractivity contribution in [2.45, 2.75) is 70.3 Å². The van der Waals surface area contributed by atoms with Gasteiger partial charge in [-0.3, -0.25) is 0 Å². The van der Waals surface area contributed by atoms with Crippen LogP contribution in [0.5, 0.6) is 0 Å². The third-order valence-corrected chi connectivity index (χ3v) is 7.13. The summed E-state index contributed by atoms with van der Waals surface area (Å²) in [7, 11) is 4.38. The van der Waals surface area contributed by atoms with Gasteiger partial charge in [0, 0.05) is 17.6 Å². The van der Waals surface area contributed by atoms with Gasteiger partial charge in [-0.25, -0.2) is 0 Å². The van der Waals surface area contributed by atoms with Crippen LogP contribution in [0.3, 0.4) is 0 Å². The molecule has 0 N–H and O–H groups in total. The Morgan fingerprint density at radius 3 is 2.58 bits per heavy atom. The summed E-state index contributed by atoms with van der Waals surface area (Å²) >= 11 is 0. The molecule has 1 aliphatic carbocycles. The van der Waals surface area contributed by atoms with Crippen molar-refractivity contribution in [3.8, 4) is 0 Å². The first-order chi connectivity index (χ1) is 11.5. The molecule has 24 heavy (non-hydrogen) atoms. The smallest absolute Gasteiger partial charge is 0.0522 e. The Hall–Kier alpha value is -1.02. The fraction of sp³-hybridized carbons (Fsp3) is 0.727. The molecule has 0 saturated heterocycles. The average Bonchev–Trinajstić information content (AvgIpc) is 2.81. The minimum absolute atomic E-state index is 0.315. The summed E-state index contributed by atoms with van der Waals surface area (Å²) in [6.45, 7) is 9.83. The summed E-state index contributed by atoms with van der Waals surface area (Å²) in [5.74, 6) is 0.731. The number of hydrogen-bond donors (Lipinski definition) is 0. The molecule has 134 valence electrons. The Balaban J connectivity index is 2.05. The van der Waals surface area contributed by atoms with Gasteiger partial charge >= 0.3 is 0 Å². The third kappa shape index (κ3) is 2.49. The number of fused-ring (bicyclic) bond motifs is 3. The van der Waals surface area contributed by atoms with E-state index in [0.717, 1.165) is 5.92 Å². The van der Waals surface area contributed by atoms with Crippen molar-refractivity contribution in [1.29, 1.82) is 0 Å². The Labute approximate surface area is 149 Å². The minimum Gasteiger partial charge on any atom is -0.364 e. The Bertz CT molecular complexity index is 567. The van der Waals surface area contributed by atoms with E-state index in [-0.39, 0.29) is 0 Å². The number of para-hydroxylation sites is 1. The van der Waals surface area contributed by atoms with Gasteiger partial charge < -0.3 is 9.80 Å². The van der Waals surface area contributed by atoms with E-state index in [0.29, 0.717) is 11.0 Å². The monoisotopic (exact) mass is 328 g/mol. The maximum Gasteiger partial charge on any atom is 0.0522 e. The van der Waals surface area contributed by atoms with Gasteiger partial charge in [-0.15, -0.1) is 0 Å². The number of benzene rings is 1. The van der Waals surface area contributed by atoms with Crippen LogP contribution in [-0.2, 0) is 5.41 Å². The van der Waals surface area contributed by atoms with Crippen LogP contribution in [0.4, 0.5) is 5.69 Å². The van der Waals surface area contributed by atoms with Crippen LogP contribution < -0.4 is 4.90 Å². The SMILES string of the molecule is CC[C@H](C)[C@@]12CCCC[C@]1(C)c1ccccc1N2CCCN(C)C. The first-order valence-electron chi connectivity index (χ1n) is 9.99. The zero-order valence-corrected chi connectivity index (χ0v) is 16.4.